The summed E-state index contributed by atoms with van der Waals surface area (Å²) in [5, 5.41) is 13.5. The monoisotopic (exact) mass is 262 g/mol. The van der Waals surface area contributed by atoms with Crippen molar-refractivity contribution in [3.05, 3.63) is 24.3 Å². The fraction of sp³-hybridized carbons (Fsp3) is 0.250. The number of anilines is 1. The number of carboxylic acid groups (broad SMARTS) is 1. The molecule has 0 bridgehead atoms. The number of nitrogens with one attached hydrogen (secondary N) is 2. The fourth-order valence-electron chi connectivity index (χ4n) is 1.69. The van der Waals surface area contributed by atoms with Gasteiger partial charge in [-0.3, -0.25) is 10.1 Å². The van der Waals surface area contributed by atoms with Crippen LogP contribution in [0, 0.1) is 0 Å². The van der Waals surface area contributed by atoms with Crippen LogP contribution >= 0.6 is 0 Å². The van der Waals surface area contributed by atoms with Gasteiger partial charge in [0, 0.05) is 13.6 Å². The molecular formula is C12H14N4O3. The number of hydrogen-bond donors (Lipinski definition) is 3. The summed E-state index contributed by atoms with van der Waals surface area (Å²) < 4.78 is 1.76. The van der Waals surface area contributed by atoms with Crippen LogP contribution in [-0.2, 0) is 11.8 Å². The van der Waals surface area contributed by atoms with Gasteiger partial charge in [0.2, 0.25) is 5.95 Å². The molecule has 0 saturated heterocycles. The Labute approximate surface area is 109 Å². The summed E-state index contributed by atoms with van der Waals surface area (Å²) in [5.41, 5.74) is 1.69. The van der Waals surface area contributed by atoms with E-state index in [1.54, 1.807) is 11.6 Å². The van der Waals surface area contributed by atoms with Crippen LogP contribution in [0.5, 0.6) is 0 Å². The number of carbonyl (C=O) groups is 2. The van der Waals surface area contributed by atoms with E-state index in [1.165, 1.54) is 0 Å². The number of hydrogen-bond acceptors (Lipinski definition) is 3. The zero-order valence-electron chi connectivity index (χ0n) is 10.4. The second-order valence-corrected chi connectivity index (χ2v) is 4.01. The van der Waals surface area contributed by atoms with E-state index in [1.807, 2.05) is 24.3 Å². The Hall–Kier alpha value is -2.57. The van der Waals surface area contributed by atoms with Crippen LogP contribution in [0.4, 0.5) is 10.7 Å². The van der Waals surface area contributed by atoms with Crippen molar-refractivity contribution in [3.63, 3.8) is 0 Å². The van der Waals surface area contributed by atoms with E-state index < -0.39 is 12.0 Å². The minimum absolute atomic E-state index is 0.0745. The van der Waals surface area contributed by atoms with Gasteiger partial charge in [-0.1, -0.05) is 12.1 Å². The van der Waals surface area contributed by atoms with Crippen molar-refractivity contribution >= 4 is 29.0 Å². The maximum absolute atomic E-state index is 11.6. The number of amides is 2. The number of rotatable bonds is 4. The topological polar surface area (TPSA) is 96.2 Å². The molecular weight excluding hydrogens is 248 g/mol. The molecule has 0 radical (unpaired) electrons. The molecule has 0 fully saturated rings. The van der Waals surface area contributed by atoms with Crippen molar-refractivity contribution in [2.75, 3.05) is 11.9 Å². The highest BCUT2D eigenvalue weighted by atomic mass is 16.4. The lowest BCUT2D eigenvalue weighted by atomic mass is 10.3. The summed E-state index contributed by atoms with van der Waals surface area (Å²) in [7, 11) is 1.79. The van der Waals surface area contributed by atoms with Crippen LogP contribution in [0.15, 0.2) is 24.3 Å². The van der Waals surface area contributed by atoms with Gasteiger partial charge in [-0.05, 0) is 12.1 Å². The molecule has 7 heteroatoms. The van der Waals surface area contributed by atoms with Crippen molar-refractivity contribution in [2.24, 2.45) is 7.05 Å². The Kier molecular flexibility index (Phi) is 3.65. The first kappa shape index (κ1) is 12.9. The van der Waals surface area contributed by atoms with Gasteiger partial charge in [-0.25, -0.2) is 9.78 Å². The van der Waals surface area contributed by atoms with E-state index in [9.17, 15) is 9.59 Å². The van der Waals surface area contributed by atoms with Gasteiger partial charge in [-0.2, -0.15) is 0 Å². The van der Waals surface area contributed by atoms with Crippen molar-refractivity contribution in [1.82, 2.24) is 14.9 Å². The molecule has 0 aliphatic rings. The first-order chi connectivity index (χ1) is 9.08. The molecule has 19 heavy (non-hydrogen) atoms. The average molecular weight is 262 g/mol. The largest absolute Gasteiger partial charge is 0.481 e. The quantitative estimate of drug-likeness (QED) is 0.770. The molecule has 2 amide bonds. The van der Waals surface area contributed by atoms with Gasteiger partial charge < -0.3 is 15.0 Å². The molecule has 2 aromatic rings. The fourth-order valence-corrected chi connectivity index (χ4v) is 1.69. The summed E-state index contributed by atoms with van der Waals surface area (Å²) in [5.74, 6) is -0.544. The van der Waals surface area contributed by atoms with E-state index in [-0.39, 0.29) is 13.0 Å². The van der Waals surface area contributed by atoms with Crippen molar-refractivity contribution in [2.45, 2.75) is 6.42 Å². The molecule has 0 atom stereocenters. The second-order valence-electron chi connectivity index (χ2n) is 4.01. The second kappa shape index (κ2) is 5.38. The van der Waals surface area contributed by atoms with Crippen LogP contribution in [0.2, 0.25) is 0 Å². The number of aromatic nitrogens is 2. The molecule has 0 spiro atoms. The average Bonchev–Trinajstić information content (AvgIpc) is 2.66. The molecule has 0 aliphatic heterocycles. The molecule has 2 rings (SSSR count). The van der Waals surface area contributed by atoms with Crippen LogP contribution in [-0.4, -0.2) is 33.2 Å². The van der Waals surface area contributed by atoms with Crippen molar-refractivity contribution < 1.29 is 14.7 Å². The van der Waals surface area contributed by atoms with E-state index in [0.717, 1.165) is 11.0 Å². The van der Waals surface area contributed by atoms with Crippen LogP contribution in [0.1, 0.15) is 6.42 Å². The minimum Gasteiger partial charge on any atom is -0.481 e. The van der Waals surface area contributed by atoms with Crippen molar-refractivity contribution in [1.29, 1.82) is 0 Å². The molecule has 0 aliphatic carbocycles. The zero-order chi connectivity index (χ0) is 13.8. The predicted octanol–water partition coefficient (Wildman–Crippen LogP) is 1.17. The molecule has 3 N–H and O–H groups in total. The van der Waals surface area contributed by atoms with E-state index in [2.05, 4.69) is 15.6 Å². The Bertz CT molecular complexity index is 620. The summed E-state index contributed by atoms with van der Waals surface area (Å²) in [6.07, 6.45) is -0.115. The Balaban J connectivity index is 2.03. The highest BCUT2D eigenvalue weighted by Crippen LogP contribution is 2.17. The number of fused-ring (bicyclic) bond motifs is 1. The molecule has 0 unspecified atom stereocenters. The normalized spacial score (nSPS) is 10.4. The molecule has 0 saturated carbocycles. The lowest BCUT2D eigenvalue weighted by Gasteiger charge is -2.06. The molecule has 1 aromatic heterocycles. The Morgan fingerprint density at radius 2 is 2.11 bits per heavy atom. The number of aryl methyl sites for hydroxylation is 1. The summed E-state index contributed by atoms with van der Waals surface area (Å²) in [6, 6.07) is 7.03. The van der Waals surface area contributed by atoms with E-state index >= 15 is 0 Å². The van der Waals surface area contributed by atoms with Gasteiger partial charge in [0.25, 0.3) is 0 Å². The van der Waals surface area contributed by atoms with E-state index in [0.29, 0.717) is 5.95 Å². The summed E-state index contributed by atoms with van der Waals surface area (Å²) in [6.45, 7) is 0.0745. The van der Waals surface area contributed by atoms with Gasteiger partial charge in [-0.15, -0.1) is 0 Å². The maximum Gasteiger partial charge on any atom is 0.321 e. The highest BCUT2D eigenvalue weighted by molar-refractivity contribution is 5.90. The van der Waals surface area contributed by atoms with Crippen LogP contribution in [0.25, 0.3) is 11.0 Å². The van der Waals surface area contributed by atoms with Gasteiger partial charge in [0.15, 0.2) is 0 Å². The smallest absolute Gasteiger partial charge is 0.321 e. The first-order valence-electron chi connectivity index (χ1n) is 5.76. The predicted molar refractivity (Wildman–Crippen MR) is 70.0 cm³/mol. The number of carbonyl (C=O) groups excluding carboxylic acids is 1. The molecule has 7 nitrogen and oxygen atoms in total. The standard InChI is InChI=1S/C12H14N4O3/c1-16-9-5-3-2-4-8(9)14-11(16)15-12(19)13-7-6-10(17)18/h2-5H,6-7H2,1H3,(H,17,18)(H2,13,14,15,19). The molecule has 1 heterocycles. The number of nitrogens with zero attached hydrogens (tertiary/aromatic N) is 2. The number of benzene rings is 1. The maximum atomic E-state index is 11.6. The third-order valence-electron chi connectivity index (χ3n) is 2.64. The summed E-state index contributed by atoms with van der Waals surface area (Å²) in [4.78, 5) is 26.1. The van der Waals surface area contributed by atoms with Gasteiger partial charge in [0.05, 0.1) is 17.5 Å². The zero-order valence-corrected chi connectivity index (χ0v) is 10.4. The van der Waals surface area contributed by atoms with Crippen LogP contribution in [0.3, 0.4) is 0 Å². The lowest BCUT2D eigenvalue weighted by molar-refractivity contribution is -0.136. The number of carboxylic acids is 1. The Morgan fingerprint density at radius 3 is 2.79 bits per heavy atom. The minimum atomic E-state index is -0.956. The first-order valence-corrected chi connectivity index (χ1v) is 5.76. The van der Waals surface area contributed by atoms with Crippen LogP contribution < -0.4 is 10.6 Å². The van der Waals surface area contributed by atoms with Crippen molar-refractivity contribution in [3.8, 4) is 0 Å². The number of aliphatic carboxylic acids is 1. The number of imidazole rings is 1. The number of urea groups is 1. The summed E-state index contributed by atoms with van der Waals surface area (Å²) >= 11 is 0. The third kappa shape index (κ3) is 3.01. The van der Waals surface area contributed by atoms with E-state index in [4.69, 9.17) is 5.11 Å². The number of para-hydroxylation sites is 2. The SMILES string of the molecule is Cn1c(NC(=O)NCCC(=O)O)nc2ccccc21. The Morgan fingerprint density at radius 1 is 1.37 bits per heavy atom. The molecule has 100 valence electrons. The highest BCUT2D eigenvalue weighted by Gasteiger charge is 2.10. The van der Waals surface area contributed by atoms with Gasteiger partial charge in [0.1, 0.15) is 0 Å². The lowest BCUT2D eigenvalue weighted by Crippen LogP contribution is -2.31. The molecule has 1 aromatic carbocycles. The van der Waals surface area contributed by atoms with Gasteiger partial charge >= 0.3 is 12.0 Å². The third-order valence-corrected chi connectivity index (χ3v) is 2.64.